The van der Waals surface area contributed by atoms with E-state index < -0.39 is 17.7 Å². The van der Waals surface area contributed by atoms with E-state index in [4.69, 9.17) is 9.47 Å². The molecular formula is C13H21N3O4. The third kappa shape index (κ3) is 4.25. The standard InChI is InChI=1S/C13H21N3O4/c1-6-9-8-14-10(11(17)19-7-2)16(9)15-12(18)20-13(3,4)5/h8H,6-7H2,1-5H3,(H,15,18). The van der Waals surface area contributed by atoms with Gasteiger partial charge in [-0.15, -0.1) is 0 Å². The third-order valence-corrected chi connectivity index (χ3v) is 2.26. The molecule has 7 nitrogen and oxygen atoms in total. The van der Waals surface area contributed by atoms with Crippen LogP contribution >= 0.6 is 0 Å². The second-order valence-electron chi connectivity index (χ2n) is 5.10. The lowest BCUT2D eigenvalue weighted by molar-refractivity contribution is 0.0505. The Kier molecular flexibility index (Phi) is 5.12. The Labute approximate surface area is 118 Å². The Bertz CT molecular complexity index is 488. The van der Waals surface area contributed by atoms with Crippen LogP contribution in [0, 0.1) is 0 Å². The Morgan fingerprint density at radius 1 is 1.35 bits per heavy atom. The fourth-order valence-electron chi connectivity index (χ4n) is 1.49. The molecule has 0 aliphatic rings. The molecule has 112 valence electrons. The smallest absolute Gasteiger partial charge is 0.427 e. The van der Waals surface area contributed by atoms with Crippen LogP contribution in [0.4, 0.5) is 4.79 Å². The zero-order valence-electron chi connectivity index (χ0n) is 12.5. The minimum atomic E-state index is -0.657. The number of carbonyl (C=O) groups excluding carboxylic acids is 2. The van der Waals surface area contributed by atoms with Crippen molar-refractivity contribution in [3.8, 4) is 0 Å². The second-order valence-corrected chi connectivity index (χ2v) is 5.10. The maximum Gasteiger partial charge on any atom is 0.427 e. The van der Waals surface area contributed by atoms with Crippen LogP contribution in [0.5, 0.6) is 0 Å². The molecule has 0 saturated carbocycles. The van der Waals surface area contributed by atoms with Gasteiger partial charge < -0.3 is 9.47 Å². The normalized spacial score (nSPS) is 11.1. The van der Waals surface area contributed by atoms with E-state index in [1.54, 1.807) is 27.7 Å². The van der Waals surface area contributed by atoms with E-state index in [2.05, 4.69) is 10.4 Å². The van der Waals surface area contributed by atoms with Gasteiger partial charge in [-0.1, -0.05) is 6.92 Å². The Hall–Kier alpha value is -2.05. The molecule has 0 aliphatic heterocycles. The molecule has 1 aromatic heterocycles. The first-order valence-electron chi connectivity index (χ1n) is 6.52. The van der Waals surface area contributed by atoms with Gasteiger partial charge in [0.15, 0.2) is 0 Å². The number of amides is 1. The molecule has 1 heterocycles. The summed E-state index contributed by atoms with van der Waals surface area (Å²) in [5.41, 5.74) is 2.55. The van der Waals surface area contributed by atoms with Crippen LogP contribution in [-0.2, 0) is 15.9 Å². The van der Waals surface area contributed by atoms with Crippen molar-refractivity contribution in [3.05, 3.63) is 17.7 Å². The lowest BCUT2D eigenvalue weighted by Crippen LogP contribution is -2.34. The highest BCUT2D eigenvalue weighted by Gasteiger charge is 2.22. The minimum Gasteiger partial charge on any atom is -0.460 e. The molecular weight excluding hydrogens is 262 g/mol. The first-order valence-corrected chi connectivity index (χ1v) is 6.52. The molecule has 0 radical (unpaired) electrons. The van der Waals surface area contributed by atoms with E-state index >= 15 is 0 Å². The van der Waals surface area contributed by atoms with Gasteiger partial charge in [0.2, 0.25) is 5.82 Å². The maximum absolute atomic E-state index is 11.8. The van der Waals surface area contributed by atoms with Crippen LogP contribution in [0.2, 0.25) is 0 Å². The first kappa shape index (κ1) is 16.0. The second kappa shape index (κ2) is 6.40. The van der Waals surface area contributed by atoms with Crippen molar-refractivity contribution in [2.24, 2.45) is 0 Å². The summed E-state index contributed by atoms with van der Waals surface area (Å²) in [4.78, 5) is 27.5. The van der Waals surface area contributed by atoms with Crippen LogP contribution in [0.1, 0.15) is 50.9 Å². The van der Waals surface area contributed by atoms with Crippen molar-refractivity contribution in [1.29, 1.82) is 0 Å². The molecule has 0 atom stereocenters. The van der Waals surface area contributed by atoms with E-state index in [0.717, 1.165) is 0 Å². The number of aromatic nitrogens is 2. The van der Waals surface area contributed by atoms with Gasteiger partial charge in [-0.3, -0.25) is 0 Å². The summed E-state index contributed by atoms with van der Waals surface area (Å²) >= 11 is 0. The van der Waals surface area contributed by atoms with Crippen molar-refractivity contribution in [3.63, 3.8) is 0 Å². The molecule has 0 bridgehead atoms. The van der Waals surface area contributed by atoms with Crippen molar-refractivity contribution in [1.82, 2.24) is 9.66 Å². The number of carbonyl (C=O) groups is 2. The summed E-state index contributed by atoms with van der Waals surface area (Å²) in [5.74, 6) is -0.571. The van der Waals surface area contributed by atoms with Crippen LogP contribution in [0.15, 0.2) is 6.20 Å². The highest BCUT2D eigenvalue weighted by molar-refractivity contribution is 5.87. The van der Waals surface area contributed by atoms with Gasteiger partial charge in [-0.05, 0) is 34.1 Å². The molecule has 20 heavy (non-hydrogen) atoms. The SMILES string of the molecule is CCOC(=O)c1ncc(CC)n1NC(=O)OC(C)(C)C. The number of nitrogens with one attached hydrogen (secondary N) is 1. The van der Waals surface area contributed by atoms with E-state index in [0.29, 0.717) is 12.1 Å². The number of hydrogen-bond donors (Lipinski definition) is 1. The number of hydrogen-bond acceptors (Lipinski definition) is 5. The molecule has 0 aliphatic carbocycles. The highest BCUT2D eigenvalue weighted by atomic mass is 16.6. The maximum atomic E-state index is 11.8. The van der Waals surface area contributed by atoms with Gasteiger partial charge in [0.05, 0.1) is 18.5 Å². The minimum absolute atomic E-state index is 0.0227. The van der Waals surface area contributed by atoms with Crippen LogP contribution in [0.3, 0.4) is 0 Å². The average molecular weight is 283 g/mol. The number of imidazole rings is 1. The number of ether oxygens (including phenoxy) is 2. The van der Waals surface area contributed by atoms with Gasteiger partial charge in [-0.2, -0.15) is 0 Å². The quantitative estimate of drug-likeness (QED) is 0.856. The fourth-order valence-corrected chi connectivity index (χ4v) is 1.49. The van der Waals surface area contributed by atoms with Crippen LogP contribution in [0.25, 0.3) is 0 Å². The summed E-state index contributed by atoms with van der Waals surface area (Å²) in [7, 11) is 0. The number of rotatable bonds is 4. The molecule has 1 rings (SSSR count). The summed E-state index contributed by atoms with van der Waals surface area (Å²) in [6, 6.07) is 0. The summed E-state index contributed by atoms with van der Waals surface area (Å²) < 4.78 is 11.3. The molecule has 0 spiro atoms. The predicted octanol–water partition coefficient (Wildman–Crippen LogP) is 2.10. The van der Waals surface area contributed by atoms with E-state index in [9.17, 15) is 9.59 Å². The molecule has 0 fully saturated rings. The van der Waals surface area contributed by atoms with Crippen LogP contribution in [-0.4, -0.2) is 33.9 Å². The number of aryl methyl sites for hydroxylation is 1. The molecule has 1 amide bonds. The van der Waals surface area contributed by atoms with Crippen molar-refractivity contribution < 1.29 is 19.1 Å². The topological polar surface area (TPSA) is 82.5 Å². The molecule has 0 unspecified atom stereocenters. The van der Waals surface area contributed by atoms with E-state index in [1.165, 1.54) is 10.9 Å². The Morgan fingerprint density at radius 3 is 2.50 bits per heavy atom. The number of esters is 1. The first-order chi connectivity index (χ1) is 9.28. The largest absolute Gasteiger partial charge is 0.460 e. The van der Waals surface area contributed by atoms with Gasteiger partial charge >= 0.3 is 12.1 Å². The molecule has 1 N–H and O–H groups in total. The van der Waals surface area contributed by atoms with Crippen molar-refractivity contribution >= 4 is 12.1 Å². The van der Waals surface area contributed by atoms with Gasteiger partial charge in [0, 0.05) is 0 Å². The monoisotopic (exact) mass is 283 g/mol. The average Bonchev–Trinajstić information content (AvgIpc) is 2.69. The zero-order chi connectivity index (χ0) is 15.3. The third-order valence-electron chi connectivity index (χ3n) is 2.26. The summed E-state index contributed by atoms with van der Waals surface area (Å²) in [6.45, 7) is 9.10. The van der Waals surface area contributed by atoms with Gasteiger partial charge in [0.1, 0.15) is 5.60 Å². The summed E-state index contributed by atoms with van der Waals surface area (Å²) in [5, 5.41) is 0. The molecule has 1 aromatic rings. The Balaban J connectivity index is 2.94. The lowest BCUT2D eigenvalue weighted by atomic mass is 10.2. The van der Waals surface area contributed by atoms with Gasteiger partial charge in [-0.25, -0.2) is 24.7 Å². The highest BCUT2D eigenvalue weighted by Crippen LogP contribution is 2.10. The lowest BCUT2D eigenvalue weighted by Gasteiger charge is -2.20. The molecule has 0 aromatic carbocycles. The Morgan fingerprint density at radius 2 is 2.00 bits per heavy atom. The van der Waals surface area contributed by atoms with E-state index in [1.807, 2.05) is 6.92 Å². The zero-order valence-corrected chi connectivity index (χ0v) is 12.5. The summed E-state index contributed by atoms with van der Waals surface area (Å²) in [6.07, 6.45) is 1.46. The van der Waals surface area contributed by atoms with Gasteiger partial charge in [0.25, 0.3) is 0 Å². The van der Waals surface area contributed by atoms with E-state index in [-0.39, 0.29) is 12.4 Å². The molecule has 7 heteroatoms. The van der Waals surface area contributed by atoms with Crippen LogP contribution < -0.4 is 5.43 Å². The predicted molar refractivity (Wildman–Crippen MR) is 73.2 cm³/mol. The fraction of sp³-hybridized carbons (Fsp3) is 0.615. The molecule has 0 saturated heterocycles. The number of nitrogens with zero attached hydrogens (tertiary/aromatic N) is 2. The van der Waals surface area contributed by atoms with Crippen molar-refractivity contribution in [2.75, 3.05) is 12.0 Å². The van der Waals surface area contributed by atoms with Crippen molar-refractivity contribution in [2.45, 2.75) is 46.6 Å².